The second-order valence-corrected chi connectivity index (χ2v) is 33.9. The van der Waals surface area contributed by atoms with Crippen molar-refractivity contribution >= 4 is 143 Å². The molecule has 51 heteroatoms. The number of benzene rings is 6. The molecule has 12 rings (SSSR count). The number of carbonyl (C=O) groups excluding carboxylic acids is 4. The molecule has 125 heavy (non-hydrogen) atoms. The molecule has 6 aromatic carbocycles. The molecule has 6 heterocycles. The number of rotatable bonds is 40. The number of halogens is 1. The number of carboxylic acid groups (broad SMARTS) is 2. The number of carbonyl (C=O) groups is 6. The van der Waals surface area contributed by atoms with Crippen LogP contribution in [0.1, 0.15) is 46.6 Å². The maximum Gasteiger partial charge on any atom is 1.00 e. The first-order chi connectivity index (χ1) is 57.2. The van der Waals surface area contributed by atoms with Crippen molar-refractivity contribution in [1.29, 1.82) is 0 Å². The predicted molar refractivity (Wildman–Crippen MR) is 443 cm³/mol. The van der Waals surface area contributed by atoms with Crippen LogP contribution < -0.4 is 68.4 Å². The summed E-state index contributed by atoms with van der Waals surface area (Å²) >= 11 is 2.82. The van der Waals surface area contributed by atoms with Crippen LogP contribution >= 0.6 is 46.4 Å². The number of thiazole rings is 3. The van der Waals surface area contributed by atoms with E-state index in [1.165, 1.54) is 40.7 Å². The predicted octanol–water partition coefficient (Wildman–Crippen LogP) is 0.860. The van der Waals surface area contributed by atoms with Crippen molar-refractivity contribution in [2.45, 2.75) is 90.6 Å². The molecule has 667 valence electrons. The number of aliphatic carboxylic acids is 2. The van der Waals surface area contributed by atoms with E-state index >= 15 is 0 Å². The number of fused-ring (bicyclic) bond motifs is 3. The van der Waals surface area contributed by atoms with Gasteiger partial charge in [0.1, 0.15) is 117 Å². The van der Waals surface area contributed by atoms with E-state index in [4.69, 9.17) is 74.7 Å². The molecular formula is C74H85ClLiN16O26S6V-. The average molecular weight is 1900 g/mol. The molecule has 0 aliphatic heterocycles. The van der Waals surface area contributed by atoms with Crippen molar-refractivity contribution in [2.24, 2.45) is 33.0 Å². The summed E-state index contributed by atoms with van der Waals surface area (Å²) in [6.07, 6.45) is 5.24. The number of aliphatic hydroxyl groups is 3. The summed E-state index contributed by atoms with van der Waals surface area (Å²) in [5.41, 5.74) is 11.0. The first-order valence-electron chi connectivity index (χ1n) is 35.5. The molecule has 42 nitrogen and oxygen atoms in total. The number of aromatic nitrogens is 12. The summed E-state index contributed by atoms with van der Waals surface area (Å²) in [6.45, 7) is 0.0606. The Hall–Kier alpha value is -10.6. The largest absolute Gasteiger partial charge is 1.00 e. The number of hydrogen-bond acceptors (Lipinski definition) is 37. The normalized spacial score (nSPS) is 11.7. The molecule has 0 fully saturated rings. The zero-order valence-corrected chi connectivity index (χ0v) is 74.1. The van der Waals surface area contributed by atoms with Crippen molar-refractivity contribution in [3.05, 3.63) is 187 Å². The zero-order chi connectivity index (χ0) is 86.7. The number of carboxylic acids is 2. The quantitative estimate of drug-likeness (QED) is 0.0146. The van der Waals surface area contributed by atoms with E-state index in [1.807, 2.05) is 12.1 Å². The molecule has 0 saturated heterocycles. The number of Topliss-reactive ketones (excluding diaryl/α,β-unsaturated/α-hetero) is 2. The second-order valence-electron chi connectivity index (χ2n) is 25.6. The van der Waals surface area contributed by atoms with E-state index in [1.54, 1.807) is 121 Å². The Labute approximate surface area is 756 Å². The van der Waals surface area contributed by atoms with Crippen LogP contribution in [0.15, 0.2) is 159 Å². The van der Waals surface area contributed by atoms with Crippen LogP contribution in [-0.2, 0) is 146 Å². The Morgan fingerprint density at radius 2 is 0.736 bits per heavy atom. The average Bonchev–Trinajstić information content (AvgIpc) is 1.67. The van der Waals surface area contributed by atoms with E-state index in [0.29, 0.717) is 95.1 Å². The van der Waals surface area contributed by atoms with Gasteiger partial charge in [-0.05, 0) is 127 Å². The minimum atomic E-state index is -3.90. The van der Waals surface area contributed by atoms with Crippen LogP contribution in [0.2, 0.25) is 0 Å². The van der Waals surface area contributed by atoms with Crippen molar-refractivity contribution in [1.82, 2.24) is 59.9 Å². The second kappa shape index (κ2) is 51.1. The Bertz CT molecular complexity index is 5880. The fourth-order valence-corrected chi connectivity index (χ4v) is 15.8. The van der Waals surface area contributed by atoms with Gasteiger partial charge in [0.15, 0.2) is 11.6 Å². The third-order valence-corrected chi connectivity index (χ3v) is 23.3. The molecule has 12 aromatic rings. The number of ketones is 2. The number of hydrogen-bond donors (Lipinski definition) is 9. The minimum absolute atomic E-state index is 0. The molecule has 0 aliphatic rings. The van der Waals surface area contributed by atoms with E-state index in [2.05, 4.69) is 50.6 Å². The van der Waals surface area contributed by atoms with Crippen LogP contribution in [0.3, 0.4) is 0 Å². The van der Waals surface area contributed by atoms with Gasteiger partial charge in [0, 0.05) is 31.4 Å². The zero-order valence-electron chi connectivity index (χ0n) is 66.9. The number of ether oxygens (including phenoxy) is 8. The van der Waals surface area contributed by atoms with Crippen LogP contribution in [0, 0.1) is 19.3 Å². The number of sulfonamides is 3. The third kappa shape index (κ3) is 34.4. The maximum atomic E-state index is 12.8. The number of primary sulfonamides is 3. The Morgan fingerprint density at radius 3 is 1.03 bits per heavy atom. The van der Waals surface area contributed by atoms with E-state index in [0.717, 1.165) is 50.7 Å². The molecule has 3 atom stereocenters. The van der Waals surface area contributed by atoms with Gasteiger partial charge in [-0.1, -0.05) is 52.0 Å². The number of methoxy groups -OCH3 is 2. The Kier molecular flexibility index (Phi) is 43.7. The molecule has 1 radical (unpaired) electrons. The van der Waals surface area contributed by atoms with Gasteiger partial charge in [0.2, 0.25) is 13.0 Å². The van der Waals surface area contributed by atoms with Crippen LogP contribution in [0.25, 0.3) is 30.6 Å². The molecule has 6 aromatic heterocycles. The topological polar surface area (TPSA) is 645 Å². The first-order valence-corrected chi connectivity index (χ1v) is 42.5. The first kappa shape index (κ1) is 107. The summed E-state index contributed by atoms with van der Waals surface area (Å²) in [4.78, 5) is 83.1. The van der Waals surface area contributed by atoms with Crippen molar-refractivity contribution < 1.29 is 160 Å². The molecule has 0 saturated carbocycles. The number of nitrogens with zero attached hydrogens (tertiary/aromatic N) is 12. The fourth-order valence-electron chi connectivity index (χ4n) is 10.7. The summed E-state index contributed by atoms with van der Waals surface area (Å²) in [5.74, 6) is -1.91. The third-order valence-electron chi connectivity index (χ3n) is 16.2. The maximum absolute atomic E-state index is 12.8. The number of nitrogens with two attached hydrogens (primary N) is 4. The van der Waals surface area contributed by atoms with Gasteiger partial charge in [-0.25, -0.2) is 69.7 Å². The van der Waals surface area contributed by atoms with Gasteiger partial charge in [-0.15, -0.1) is 61.7 Å². The molecule has 0 unspecified atom stereocenters. The number of esters is 2. The van der Waals surface area contributed by atoms with Gasteiger partial charge >= 0.3 is 42.7 Å². The molecule has 0 aliphatic carbocycles. The molecule has 14 N–H and O–H groups in total. The van der Waals surface area contributed by atoms with Gasteiger partial charge in [0.05, 0.1) is 95.1 Å². The standard InChI is InChI=1S/C25H27N5O8S2.C24H25N5O8S2.C12H11N5O5S2.C12H17NO4.CH3.ClH.Li.H2O.V/c1-36-24(33)17(10-16-2-4-20(5-3-16)37-9-8-31)11-19(32)14-30-13-18(28-29-30)15-38-21-6-7-22-23(12-21)39-25(27-22)40(26,34)35;25-39(34,35)24-26-21-6-5-20(11-22(21)38-24)37-14-17-12-29(28-27-17)13-18(31)10-16(23(32)33)9-15-1-3-19(4-2-15)36-8-7-30;13-24(20,21)12-14-9-2-1-8(3-10(9)23-12)22-6-7-4-17(16-15-7)5-11(18)19;1-16-12(15)11(13)8-9-2-4-10(5-3-9)17-7-6-14;;;;;/h2-7,12-13,17,31H,8-11,14-15H2,1H3,(H2,26,34,35);1-6,11-12,16,30H,7-10,13-14H2,(H,32,33)(H2,25,34,35);1-4H,5-6H2,(H,18,19)(H2,13,20,21);2-5,11,14H,6-8,13H2,1H3;1H3;1H;;1H2;/q;;;;-1;;+1;;/p-1/t17-;16-;;11-;;;;;/m11.0...../s1. The van der Waals surface area contributed by atoms with Gasteiger partial charge in [-0.3, -0.25) is 28.8 Å². The summed E-state index contributed by atoms with van der Waals surface area (Å²) in [7, 11) is -9.04. The van der Waals surface area contributed by atoms with E-state index in [9.17, 15) is 59.1 Å². The van der Waals surface area contributed by atoms with Gasteiger partial charge in [-0.2, -0.15) is 0 Å². The smallest absolute Gasteiger partial charge is 0.870 e. The summed E-state index contributed by atoms with van der Waals surface area (Å²) in [5, 5.41) is 83.3. The van der Waals surface area contributed by atoms with Crippen molar-refractivity contribution in [3.63, 3.8) is 0 Å². The van der Waals surface area contributed by atoms with Gasteiger partial charge < -0.3 is 82.1 Å². The molecule has 0 amide bonds. The van der Waals surface area contributed by atoms with Crippen LogP contribution in [0.5, 0.6) is 34.5 Å². The van der Waals surface area contributed by atoms with Crippen LogP contribution in [-0.4, -0.2) is 212 Å². The van der Waals surface area contributed by atoms with Gasteiger partial charge in [0.25, 0.3) is 30.1 Å². The summed E-state index contributed by atoms with van der Waals surface area (Å²) < 4.78 is 116. The fraction of sp³-hybridized carbons (Fsp3) is 0.297. The Morgan fingerprint density at radius 1 is 0.440 bits per heavy atom. The van der Waals surface area contributed by atoms with Crippen molar-refractivity contribution in [3.8, 4) is 34.5 Å². The van der Waals surface area contributed by atoms with E-state index in [-0.39, 0.29) is 186 Å². The van der Waals surface area contributed by atoms with Crippen LogP contribution in [0.4, 0.5) is 0 Å². The minimum Gasteiger partial charge on any atom is -0.870 e. The Balaban J connectivity index is 0.000000361. The van der Waals surface area contributed by atoms with Crippen molar-refractivity contribution in [2.75, 3.05) is 53.9 Å². The summed E-state index contributed by atoms with van der Waals surface area (Å²) in [6, 6.07) is 35.1. The SMILES string of the molecule is COC(=O)[C@@H](CC(=O)Cn1cc(COc2ccc3nc(S(N)(=O)=O)sc3c2)nn1)Cc1ccc(OCCO)cc1.COC(=O)[C@@H](N)Cc1ccc(OCCO)cc1.Cl.NS(=O)(=O)c1nc2ccc(OCc3cn(CC(=O)C[C@@H](Cc4ccc(OCCO)cc4)C(=O)O)nn3)cc2s1.NS(=O)(=O)c1nc2ccc(OCc3cn(CC(=O)O)nn3)cc2s1.[CH3-].[Li+].[OH-].[V]. The number of aliphatic hydroxyl groups excluding tert-OH is 3. The monoisotopic (exact) mass is 1900 g/mol. The molecule has 0 spiro atoms. The van der Waals surface area contributed by atoms with E-state index < -0.39 is 71.8 Å². The molecule has 0 bridgehead atoms. The molecular weight excluding hydrogens is 1810 g/mol.